The van der Waals surface area contributed by atoms with Crippen molar-refractivity contribution in [2.45, 2.75) is 11.3 Å². The first-order valence-electron chi connectivity index (χ1n) is 10.9. The number of carbonyl (C=O) groups is 2. The van der Waals surface area contributed by atoms with Gasteiger partial charge in [-0.2, -0.15) is 4.31 Å². The van der Waals surface area contributed by atoms with Crippen molar-refractivity contribution in [2.75, 3.05) is 79.3 Å². The number of nitrogens with one attached hydrogen (secondary N) is 1. The summed E-state index contributed by atoms with van der Waals surface area (Å²) < 4.78 is 37.9. The average molecular weight is 469 g/mol. The summed E-state index contributed by atoms with van der Waals surface area (Å²) in [6, 6.07) is 6.36. The number of piperazine rings is 1. The van der Waals surface area contributed by atoms with Crippen molar-refractivity contribution in [1.82, 2.24) is 19.4 Å². The number of methoxy groups -OCH3 is 1. The molecule has 0 saturated carbocycles. The summed E-state index contributed by atoms with van der Waals surface area (Å²) in [6.07, 6.45) is 0.761. The number of rotatable bonds is 9. The van der Waals surface area contributed by atoms with Crippen LogP contribution in [0, 0.1) is 0 Å². The van der Waals surface area contributed by atoms with Crippen LogP contribution in [0.5, 0.6) is 0 Å². The quantitative estimate of drug-likeness (QED) is 0.492. The van der Waals surface area contributed by atoms with E-state index in [4.69, 9.17) is 9.47 Å². The molecule has 2 aliphatic rings. The number of benzene rings is 1. The maximum Gasteiger partial charge on any atom is 0.255 e. The van der Waals surface area contributed by atoms with E-state index in [9.17, 15) is 18.0 Å². The van der Waals surface area contributed by atoms with E-state index >= 15 is 0 Å². The molecule has 0 bridgehead atoms. The maximum atomic E-state index is 13.2. The second-order valence-corrected chi connectivity index (χ2v) is 9.68. The molecule has 2 fully saturated rings. The zero-order chi connectivity index (χ0) is 23.0. The van der Waals surface area contributed by atoms with Crippen molar-refractivity contribution in [2.24, 2.45) is 0 Å². The van der Waals surface area contributed by atoms with Crippen molar-refractivity contribution in [3.63, 3.8) is 0 Å². The molecule has 32 heavy (non-hydrogen) atoms. The molecular formula is C21H32N4O6S. The van der Waals surface area contributed by atoms with Crippen molar-refractivity contribution in [3.05, 3.63) is 29.8 Å². The lowest BCUT2D eigenvalue weighted by Crippen LogP contribution is -2.51. The highest BCUT2D eigenvalue weighted by atomic mass is 32.2. The van der Waals surface area contributed by atoms with Gasteiger partial charge >= 0.3 is 0 Å². The van der Waals surface area contributed by atoms with Crippen molar-refractivity contribution in [3.8, 4) is 0 Å². The standard InChI is InChI=1S/C21H32N4O6S/c1-30-14-4-7-22-20(26)17-23-8-10-24(11-9-23)21(27)18-5-2-3-6-19(18)32(28,29)25-12-15-31-16-13-25/h2-3,5-6H,4,7-17H2,1H3,(H,22,26). The van der Waals surface area contributed by atoms with E-state index in [0.29, 0.717) is 52.5 Å². The van der Waals surface area contributed by atoms with Crippen molar-refractivity contribution in [1.29, 1.82) is 0 Å². The monoisotopic (exact) mass is 468 g/mol. The van der Waals surface area contributed by atoms with Crippen LogP contribution in [0.4, 0.5) is 0 Å². The molecule has 2 amide bonds. The molecule has 11 heteroatoms. The lowest BCUT2D eigenvalue weighted by molar-refractivity contribution is -0.122. The van der Waals surface area contributed by atoms with Crippen LogP contribution in [0.15, 0.2) is 29.2 Å². The van der Waals surface area contributed by atoms with Crippen LogP contribution in [0.25, 0.3) is 0 Å². The smallest absolute Gasteiger partial charge is 0.255 e. The number of ether oxygens (including phenoxy) is 2. The molecule has 2 aliphatic heterocycles. The highest BCUT2D eigenvalue weighted by Crippen LogP contribution is 2.23. The zero-order valence-electron chi connectivity index (χ0n) is 18.5. The minimum Gasteiger partial charge on any atom is -0.385 e. The first-order chi connectivity index (χ1) is 15.4. The van der Waals surface area contributed by atoms with Crippen LogP contribution in [0.1, 0.15) is 16.8 Å². The minimum absolute atomic E-state index is 0.0322. The van der Waals surface area contributed by atoms with Crippen LogP contribution in [-0.2, 0) is 24.3 Å². The van der Waals surface area contributed by atoms with E-state index in [1.165, 1.54) is 10.4 Å². The second kappa shape index (κ2) is 11.7. The summed E-state index contributed by atoms with van der Waals surface area (Å²) in [4.78, 5) is 28.9. The van der Waals surface area contributed by atoms with Gasteiger partial charge in [0.2, 0.25) is 15.9 Å². The van der Waals surface area contributed by atoms with E-state index in [1.807, 2.05) is 4.90 Å². The maximum absolute atomic E-state index is 13.2. The molecule has 0 aliphatic carbocycles. The fraction of sp³-hybridized carbons (Fsp3) is 0.619. The number of hydrogen-bond donors (Lipinski definition) is 1. The number of nitrogens with zero attached hydrogens (tertiary/aromatic N) is 3. The molecule has 0 unspecified atom stereocenters. The first-order valence-corrected chi connectivity index (χ1v) is 12.3. The van der Waals surface area contributed by atoms with Gasteiger partial charge in [0.05, 0.1) is 30.2 Å². The molecule has 0 spiro atoms. The highest BCUT2D eigenvalue weighted by Gasteiger charge is 2.32. The van der Waals surface area contributed by atoms with Gasteiger partial charge in [0.1, 0.15) is 0 Å². The average Bonchev–Trinajstić information content (AvgIpc) is 2.82. The Kier molecular flexibility index (Phi) is 9.00. The normalized spacial score (nSPS) is 18.5. The predicted octanol–water partition coefficient (Wildman–Crippen LogP) is -0.382. The van der Waals surface area contributed by atoms with E-state index in [2.05, 4.69) is 5.32 Å². The molecule has 1 aromatic rings. The fourth-order valence-corrected chi connectivity index (χ4v) is 5.37. The number of amides is 2. The third kappa shape index (κ3) is 6.26. The summed E-state index contributed by atoms with van der Waals surface area (Å²) in [5.74, 6) is -0.357. The Balaban J connectivity index is 1.58. The molecule has 0 aromatic heterocycles. The Bertz CT molecular complexity index is 880. The van der Waals surface area contributed by atoms with Crippen LogP contribution >= 0.6 is 0 Å². The third-order valence-corrected chi connectivity index (χ3v) is 7.54. The van der Waals surface area contributed by atoms with Crippen molar-refractivity contribution >= 4 is 21.8 Å². The summed E-state index contributed by atoms with van der Waals surface area (Å²) in [5.41, 5.74) is 0.184. The Hall–Kier alpha value is -2.05. The molecule has 0 atom stereocenters. The van der Waals surface area contributed by atoms with E-state index in [-0.39, 0.29) is 41.9 Å². The summed E-state index contributed by atoms with van der Waals surface area (Å²) in [7, 11) is -2.16. The fourth-order valence-electron chi connectivity index (χ4n) is 3.78. The molecule has 1 aromatic carbocycles. The number of morpholine rings is 1. The van der Waals surface area contributed by atoms with Crippen molar-refractivity contribution < 1.29 is 27.5 Å². The van der Waals surface area contributed by atoms with E-state index in [1.54, 1.807) is 30.2 Å². The highest BCUT2D eigenvalue weighted by molar-refractivity contribution is 7.89. The Morgan fingerprint density at radius 1 is 1.06 bits per heavy atom. The Morgan fingerprint density at radius 3 is 2.44 bits per heavy atom. The van der Waals surface area contributed by atoms with Crippen LogP contribution in [0.3, 0.4) is 0 Å². The second-order valence-electron chi connectivity index (χ2n) is 7.78. The van der Waals surface area contributed by atoms with Gasteiger partial charge in [0.25, 0.3) is 5.91 Å². The van der Waals surface area contributed by atoms with Gasteiger partial charge in [-0.05, 0) is 18.6 Å². The van der Waals surface area contributed by atoms with Gasteiger partial charge in [0.15, 0.2) is 0 Å². The predicted molar refractivity (Wildman–Crippen MR) is 118 cm³/mol. The molecule has 2 heterocycles. The molecular weight excluding hydrogens is 436 g/mol. The number of sulfonamides is 1. The minimum atomic E-state index is -3.78. The molecule has 178 valence electrons. The third-order valence-electron chi connectivity index (χ3n) is 5.58. The van der Waals surface area contributed by atoms with Crippen LogP contribution in [0.2, 0.25) is 0 Å². The Labute approximate surface area is 189 Å². The lowest BCUT2D eigenvalue weighted by Gasteiger charge is -2.35. The molecule has 2 saturated heterocycles. The molecule has 0 radical (unpaired) electrons. The molecule has 3 rings (SSSR count). The van der Waals surface area contributed by atoms with Gasteiger partial charge in [0, 0.05) is 59.5 Å². The van der Waals surface area contributed by atoms with Gasteiger partial charge in [-0.1, -0.05) is 12.1 Å². The number of carbonyl (C=O) groups excluding carboxylic acids is 2. The lowest BCUT2D eigenvalue weighted by atomic mass is 10.2. The summed E-state index contributed by atoms with van der Waals surface area (Å²) in [5, 5.41) is 2.86. The largest absolute Gasteiger partial charge is 0.385 e. The first kappa shape index (κ1) is 24.6. The molecule has 1 N–H and O–H groups in total. The van der Waals surface area contributed by atoms with Gasteiger partial charge in [-0.25, -0.2) is 8.42 Å². The number of hydrogen-bond acceptors (Lipinski definition) is 7. The summed E-state index contributed by atoms with van der Waals surface area (Å²) >= 11 is 0. The van der Waals surface area contributed by atoms with Crippen LogP contribution in [-0.4, -0.2) is 114 Å². The van der Waals surface area contributed by atoms with Gasteiger partial charge in [-0.3, -0.25) is 14.5 Å². The van der Waals surface area contributed by atoms with E-state index < -0.39 is 10.0 Å². The zero-order valence-corrected chi connectivity index (χ0v) is 19.3. The van der Waals surface area contributed by atoms with Gasteiger partial charge in [-0.15, -0.1) is 0 Å². The Morgan fingerprint density at radius 2 is 1.75 bits per heavy atom. The van der Waals surface area contributed by atoms with E-state index in [0.717, 1.165) is 6.42 Å². The SMILES string of the molecule is COCCCNC(=O)CN1CCN(C(=O)c2ccccc2S(=O)(=O)N2CCOCC2)CC1. The summed E-state index contributed by atoms with van der Waals surface area (Å²) in [6.45, 7) is 4.65. The topological polar surface area (TPSA) is 108 Å². The van der Waals surface area contributed by atoms with Crippen LogP contribution < -0.4 is 5.32 Å². The van der Waals surface area contributed by atoms with Gasteiger partial charge < -0.3 is 19.7 Å². The molecule has 10 nitrogen and oxygen atoms in total.